The van der Waals surface area contributed by atoms with Crippen molar-refractivity contribution in [1.82, 2.24) is 4.98 Å². The number of thiazole rings is 1. The second kappa shape index (κ2) is 5.99. The normalized spacial score (nSPS) is 10.3. The Labute approximate surface area is 118 Å². The van der Waals surface area contributed by atoms with Gasteiger partial charge in [-0.1, -0.05) is 11.6 Å². The van der Waals surface area contributed by atoms with Gasteiger partial charge in [0.15, 0.2) is 5.69 Å². The Morgan fingerprint density at radius 3 is 3.05 bits per heavy atom. The van der Waals surface area contributed by atoms with Crippen molar-refractivity contribution >= 4 is 39.6 Å². The van der Waals surface area contributed by atoms with Crippen LogP contribution in [-0.2, 0) is 4.74 Å². The molecule has 0 aliphatic carbocycles. The van der Waals surface area contributed by atoms with Gasteiger partial charge < -0.3 is 10.1 Å². The van der Waals surface area contributed by atoms with Crippen LogP contribution in [0.5, 0.6) is 0 Å². The molecule has 1 heterocycles. The number of halogens is 2. The molecule has 0 saturated heterocycles. The molecule has 2 aromatic rings. The first-order valence-corrected chi connectivity index (χ1v) is 6.70. The Morgan fingerprint density at radius 1 is 1.58 bits per heavy atom. The van der Waals surface area contributed by atoms with Gasteiger partial charge in [0, 0.05) is 5.69 Å². The number of anilines is 2. The number of benzene rings is 1. The standard InChI is InChI=1S/C12H10ClFN2O2S/c1-2-18-12(17)10-11(19-6-15-10)16-7-3-4-9(14)8(13)5-7/h3-6,16H,2H2,1H3. The summed E-state index contributed by atoms with van der Waals surface area (Å²) in [5.41, 5.74) is 2.30. The number of aromatic nitrogens is 1. The number of nitrogens with zero attached hydrogens (tertiary/aromatic N) is 1. The van der Waals surface area contributed by atoms with Crippen LogP contribution in [0.15, 0.2) is 23.7 Å². The third-order valence-corrected chi connectivity index (χ3v) is 3.25. The predicted molar refractivity (Wildman–Crippen MR) is 72.8 cm³/mol. The number of nitrogens with one attached hydrogen (secondary N) is 1. The lowest BCUT2D eigenvalue weighted by atomic mass is 10.3. The molecule has 0 unspecified atom stereocenters. The average molecular weight is 301 g/mol. The zero-order chi connectivity index (χ0) is 13.8. The fourth-order valence-electron chi connectivity index (χ4n) is 1.38. The maximum absolute atomic E-state index is 13.0. The number of carbonyl (C=O) groups excluding carboxylic acids is 1. The van der Waals surface area contributed by atoms with Gasteiger partial charge in [-0.3, -0.25) is 0 Å². The maximum atomic E-state index is 13.0. The molecular weight excluding hydrogens is 291 g/mol. The van der Waals surface area contributed by atoms with Gasteiger partial charge in [-0.2, -0.15) is 0 Å². The summed E-state index contributed by atoms with van der Waals surface area (Å²) in [5.74, 6) is -0.999. The zero-order valence-corrected chi connectivity index (χ0v) is 11.5. The molecule has 0 spiro atoms. The third-order valence-electron chi connectivity index (χ3n) is 2.21. The summed E-state index contributed by atoms with van der Waals surface area (Å²) in [5, 5.41) is 3.50. The molecule has 100 valence electrons. The first-order valence-electron chi connectivity index (χ1n) is 5.44. The maximum Gasteiger partial charge on any atom is 0.360 e. The molecule has 0 fully saturated rings. The highest BCUT2D eigenvalue weighted by molar-refractivity contribution is 7.14. The topological polar surface area (TPSA) is 51.2 Å². The summed E-state index contributed by atoms with van der Waals surface area (Å²) in [4.78, 5) is 15.6. The molecule has 0 aliphatic heterocycles. The number of hydrogen-bond acceptors (Lipinski definition) is 5. The molecule has 19 heavy (non-hydrogen) atoms. The van der Waals surface area contributed by atoms with Crippen molar-refractivity contribution in [3.63, 3.8) is 0 Å². The van der Waals surface area contributed by atoms with E-state index in [0.717, 1.165) is 0 Å². The number of esters is 1. The molecule has 0 aliphatic rings. The van der Waals surface area contributed by atoms with E-state index < -0.39 is 11.8 Å². The first-order chi connectivity index (χ1) is 9.11. The van der Waals surface area contributed by atoms with Crippen molar-refractivity contribution in [2.45, 2.75) is 6.92 Å². The van der Waals surface area contributed by atoms with Gasteiger partial charge in [0.05, 0.1) is 17.1 Å². The molecule has 1 aromatic heterocycles. The molecule has 2 rings (SSSR count). The number of rotatable bonds is 4. The van der Waals surface area contributed by atoms with Gasteiger partial charge >= 0.3 is 5.97 Å². The summed E-state index contributed by atoms with van der Waals surface area (Å²) >= 11 is 6.94. The van der Waals surface area contributed by atoms with Gasteiger partial charge in [0.1, 0.15) is 10.8 Å². The van der Waals surface area contributed by atoms with Crippen LogP contribution in [0.1, 0.15) is 17.4 Å². The third kappa shape index (κ3) is 3.21. The fourth-order valence-corrected chi connectivity index (χ4v) is 2.25. The van der Waals surface area contributed by atoms with E-state index in [0.29, 0.717) is 10.7 Å². The van der Waals surface area contributed by atoms with Gasteiger partial charge in [0.25, 0.3) is 0 Å². The molecule has 1 aromatic carbocycles. The van der Waals surface area contributed by atoms with Crippen LogP contribution in [0.3, 0.4) is 0 Å². The summed E-state index contributed by atoms with van der Waals surface area (Å²) in [6, 6.07) is 4.21. The molecular formula is C12H10ClFN2O2S. The van der Waals surface area contributed by atoms with Crippen LogP contribution >= 0.6 is 22.9 Å². The molecule has 4 nitrogen and oxygen atoms in total. The van der Waals surface area contributed by atoms with Crippen molar-refractivity contribution < 1.29 is 13.9 Å². The summed E-state index contributed by atoms with van der Waals surface area (Å²) < 4.78 is 17.9. The molecule has 0 radical (unpaired) electrons. The van der Waals surface area contributed by atoms with Crippen LogP contribution in [0.4, 0.5) is 15.1 Å². The van der Waals surface area contributed by atoms with Gasteiger partial charge in [0.2, 0.25) is 0 Å². The lowest BCUT2D eigenvalue weighted by Gasteiger charge is -2.06. The lowest BCUT2D eigenvalue weighted by molar-refractivity contribution is 0.0521. The van der Waals surface area contributed by atoms with E-state index >= 15 is 0 Å². The van der Waals surface area contributed by atoms with E-state index in [-0.39, 0.29) is 17.3 Å². The average Bonchev–Trinajstić information content (AvgIpc) is 2.82. The minimum Gasteiger partial charge on any atom is -0.461 e. The second-order valence-electron chi connectivity index (χ2n) is 3.50. The Bertz CT molecular complexity index is 603. The summed E-state index contributed by atoms with van der Waals surface area (Å²) in [6.07, 6.45) is 0. The second-order valence-corrected chi connectivity index (χ2v) is 4.77. The van der Waals surface area contributed by atoms with Crippen molar-refractivity contribution in [1.29, 1.82) is 0 Å². The highest BCUT2D eigenvalue weighted by atomic mass is 35.5. The SMILES string of the molecule is CCOC(=O)c1ncsc1Nc1ccc(F)c(Cl)c1. The van der Waals surface area contributed by atoms with Crippen LogP contribution in [0, 0.1) is 5.82 Å². The van der Waals surface area contributed by atoms with E-state index in [1.54, 1.807) is 6.92 Å². The van der Waals surface area contributed by atoms with Crippen LogP contribution in [0.25, 0.3) is 0 Å². The van der Waals surface area contributed by atoms with E-state index in [4.69, 9.17) is 16.3 Å². The minimum atomic E-state index is -0.501. The van der Waals surface area contributed by atoms with Gasteiger partial charge in [-0.15, -0.1) is 11.3 Å². The molecule has 0 bridgehead atoms. The van der Waals surface area contributed by atoms with E-state index in [2.05, 4.69) is 10.3 Å². The highest BCUT2D eigenvalue weighted by Gasteiger charge is 2.16. The molecule has 0 saturated carbocycles. The fraction of sp³-hybridized carbons (Fsp3) is 0.167. The Kier molecular flexibility index (Phi) is 4.34. The van der Waals surface area contributed by atoms with Crippen LogP contribution in [-0.4, -0.2) is 17.6 Å². The first kappa shape index (κ1) is 13.8. The summed E-state index contributed by atoms with van der Waals surface area (Å²) in [7, 11) is 0. The number of ether oxygens (including phenoxy) is 1. The van der Waals surface area contributed by atoms with Crippen LogP contribution in [0.2, 0.25) is 5.02 Å². The smallest absolute Gasteiger partial charge is 0.360 e. The lowest BCUT2D eigenvalue weighted by Crippen LogP contribution is -2.07. The number of hydrogen-bond donors (Lipinski definition) is 1. The highest BCUT2D eigenvalue weighted by Crippen LogP contribution is 2.27. The van der Waals surface area contributed by atoms with E-state index in [1.807, 2.05) is 0 Å². The largest absolute Gasteiger partial charge is 0.461 e. The van der Waals surface area contributed by atoms with Crippen molar-refractivity contribution in [2.24, 2.45) is 0 Å². The minimum absolute atomic E-state index is 0.00667. The van der Waals surface area contributed by atoms with Crippen LogP contribution < -0.4 is 5.32 Å². The van der Waals surface area contributed by atoms with Gasteiger partial charge in [-0.05, 0) is 25.1 Å². The van der Waals surface area contributed by atoms with Gasteiger partial charge in [-0.25, -0.2) is 14.2 Å². The monoisotopic (exact) mass is 300 g/mol. The van der Waals surface area contributed by atoms with Crippen molar-refractivity contribution in [3.05, 3.63) is 40.2 Å². The molecule has 0 amide bonds. The van der Waals surface area contributed by atoms with Crippen molar-refractivity contribution in [3.8, 4) is 0 Å². The molecule has 7 heteroatoms. The summed E-state index contributed by atoms with van der Waals surface area (Å²) in [6.45, 7) is 2.00. The molecule has 0 atom stereocenters. The zero-order valence-electron chi connectivity index (χ0n) is 9.94. The van der Waals surface area contributed by atoms with Crippen molar-refractivity contribution in [2.75, 3.05) is 11.9 Å². The van der Waals surface area contributed by atoms with E-state index in [9.17, 15) is 9.18 Å². The Balaban J connectivity index is 2.21. The van der Waals surface area contributed by atoms with E-state index in [1.165, 1.54) is 35.0 Å². The number of carbonyl (C=O) groups is 1. The Hall–Kier alpha value is -1.66. The molecule has 1 N–H and O–H groups in total. The Morgan fingerprint density at radius 2 is 2.37 bits per heavy atom. The predicted octanol–water partition coefficient (Wildman–Crippen LogP) is 3.86. The quantitative estimate of drug-likeness (QED) is 0.871.